The van der Waals surface area contributed by atoms with E-state index in [0.717, 1.165) is 64.3 Å². The average Bonchev–Trinajstić information content (AvgIpc) is 3.29. The minimum Gasteiger partial charge on any atom is -0.355 e. The molecule has 2 fully saturated rings. The van der Waals surface area contributed by atoms with Crippen LogP contribution in [0.15, 0.2) is 53.8 Å². The van der Waals surface area contributed by atoms with E-state index < -0.39 is 0 Å². The highest BCUT2D eigenvalue weighted by atomic mass is 127. The maximum absolute atomic E-state index is 4.43. The third-order valence-corrected chi connectivity index (χ3v) is 6.38. The fourth-order valence-corrected chi connectivity index (χ4v) is 4.55. The van der Waals surface area contributed by atoms with E-state index in [4.69, 9.17) is 0 Å². The molecule has 1 aromatic carbocycles. The Morgan fingerprint density at radius 3 is 2.48 bits per heavy atom. The summed E-state index contributed by atoms with van der Waals surface area (Å²) in [6, 6.07) is 13.2. The lowest BCUT2D eigenvalue weighted by Crippen LogP contribution is -2.50. The molecule has 8 nitrogen and oxygen atoms in total. The Morgan fingerprint density at radius 1 is 1.00 bits per heavy atom. The van der Waals surface area contributed by atoms with Crippen LogP contribution in [-0.2, 0) is 6.54 Å². The summed E-state index contributed by atoms with van der Waals surface area (Å²) in [5, 5.41) is 7.04. The highest BCUT2D eigenvalue weighted by molar-refractivity contribution is 14.0. The maximum Gasteiger partial charge on any atom is 0.225 e. The predicted molar refractivity (Wildman–Crippen MR) is 145 cm³/mol. The van der Waals surface area contributed by atoms with Crippen LogP contribution in [-0.4, -0.2) is 91.2 Å². The third-order valence-electron chi connectivity index (χ3n) is 6.38. The molecule has 1 unspecified atom stereocenters. The van der Waals surface area contributed by atoms with Gasteiger partial charge in [0, 0.05) is 77.8 Å². The Kier molecular flexibility index (Phi) is 10.6. The van der Waals surface area contributed by atoms with E-state index >= 15 is 0 Å². The number of anilines is 1. The van der Waals surface area contributed by atoms with Gasteiger partial charge in [0.1, 0.15) is 0 Å². The second-order valence-corrected chi connectivity index (χ2v) is 8.51. The lowest BCUT2D eigenvalue weighted by molar-refractivity contribution is 0.244. The van der Waals surface area contributed by atoms with Crippen molar-refractivity contribution in [3.8, 4) is 0 Å². The highest BCUT2D eigenvalue weighted by Crippen LogP contribution is 2.19. The van der Waals surface area contributed by atoms with Crippen molar-refractivity contribution < 1.29 is 0 Å². The Bertz CT molecular complexity index is 827. The van der Waals surface area contributed by atoms with Crippen molar-refractivity contribution in [2.45, 2.75) is 25.4 Å². The second-order valence-electron chi connectivity index (χ2n) is 8.51. The summed E-state index contributed by atoms with van der Waals surface area (Å²) in [7, 11) is 1.85. The number of likely N-dealkylation sites (tertiary alicyclic amines) is 1. The number of benzene rings is 1. The summed E-state index contributed by atoms with van der Waals surface area (Å²) in [4.78, 5) is 20.5. The highest BCUT2D eigenvalue weighted by Gasteiger charge is 2.24. The van der Waals surface area contributed by atoms with Gasteiger partial charge in [-0.3, -0.25) is 14.8 Å². The summed E-state index contributed by atoms with van der Waals surface area (Å²) in [6.45, 7) is 9.03. The molecular formula is C24H37IN8. The lowest BCUT2D eigenvalue weighted by atomic mass is 10.2. The van der Waals surface area contributed by atoms with E-state index in [2.05, 4.69) is 70.6 Å². The monoisotopic (exact) mass is 564 g/mol. The molecule has 1 atom stereocenters. The van der Waals surface area contributed by atoms with Crippen LogP contribution in [0.4, 0.5) is 5.95 Å². The minimum absolute atomic E-state index is 0. The quantitative estimate of drug-likeness (QED) is 0.289. The molecule has 0 saturated carbocycles. The molecule has 2 aliphatic heterocycles. The number of aromatic nitrogens is 2. The molecular weight excluding hydrogens is 527 g/mol. The van der Waals surface area contributed by atoms with Crippen molar-refractivity contribution in [3.05, 3.63) is 54.4 Å². The standard InChI is InChI=1S/C24H36N8.HI/c1-25-23(29-19-22-9-5-13-32(22)20-21-7-3-2-4-8-21)26-12-14-30-15-17-31(18-16-30)24-27-10-6-11-28-24;/h2-4,6-8,10-11,22H,5,9,12-20H2,1H3,(H2,25,26,29);1H. The Hall–Kier alpha value is -1.98. The zero-order chi connectivity index (χ0) is 22.0. The predicted octanol–water partition coefficient (Wildman–Crippen LogP) is 2.05. The first kappa shape index (κ1) is 25.6. The molecule has 2 aliphatic rings. The zero-order valence-corrected chi connectivity index (χ0v) is 21.9. The third kappa shape index (κ3) is 7.79. The van der Waals surface area contributed by atoms with Crippen LogP contribution in [0.3, 0.4) is 0 Å². The molecule has 0 aliphatic carbocycles. The van der Waals surface area contributed by atoms with E-state index in [9.17, 15) is 0 Å². The SMILES string of the molecule is CN=C(NCCN1CCN(c2ncccn2)CC1)NCC1CCCN1Cc1ccccc1.I. The van der Waals surface area contributed by atoms with Gasteiger partial charge in [-0.05, 0) is 31.0 Å². The molecule has 2 aromatic rings. The number of piperazine rings is 1. The molecule has 3 heterocycles. The van der Waals surface area contributed by atoms with E-state index in [-0.39, 0.29) is 24.0 Å². The second kappa shape index (κ2) is 13.7. The van der Waals surface area contributed by atoms with Crippen molar-refractivity contribution in [2.24, 2.45) is 4.99 Å². The van der Waals surface area contributed by atoms with Gasteiger partial charge in [0.25, 0.3) is 0 Å². The Labute approximate surface area is 214 Å². The summed E-state index contributed by atoms with van der Waals surface area (Å²) in [6.07, 6.45) is 6.13. The summed E-state index contributed by atoms with van der Waals surface area (Å²) in [5.74, 6) is 1.73. The van der Waals surface area contributed by atoms with Gasteiger partial charge in [0.05, 0.1) is 0 Å². The fourth-order valence-electron chi connectivity index (χ4n) is 4.55. The van der Waals surface area contributed by atoms with Crippen LogP contribution in [0.2, 0.25) is 0 Å². The van der Waals surface area contributed by atoms with E-state index in [1.54, 1.807) is 0 Å². The first-order chi connectivity index (χ1) is 15.8. The molecule has 180 valence electrons. The number of rotatable bonds is 8. The normalized spacial score (nSPS) is 19.8. The summed E-state index contributed by atoms with van der Waals surface area (Å²) < 4.78 is 0. The average molecular weight is 565 g/mol. The lowest BCUT2D eigenvalue weighted by Gasteiger charge is -2.34. The number of hydrogen-bond acceptors (Lipinski definition) is 6. The summed E-state index contributed by atoms with van der Waals surface area (Å²) in [5.41, 5.74) is 1.39. The van der Waals surface area contributed by atoms with Crippen molar-refractivity contribution in [1.29, 1.82) is 0 Å². The fraction of sp³-hybridized carbons (Fsp3) is 0.542. The van der Waals surface area contributed by atoms with Crippen LogP contribution in [0.1, 0.15) is 18.4 Å². The Morgan fingerprint density at radius 2 is 1.76 bits per heavy atom. The zero-order valence-electron chi connectivity index (χ0n) is 19.6. The van der Waals surface area contributed by atoms with Crippen LogP contribution < -0.4 is 15.5 Å². The van der Waals surface area contributed by atoms with Crippen molar-refractivity contribution in [1.82, 2.24) is 30.4 Å². The van der Waals surface area contributed by atoms with Crippen LogP contribution in [0, 0.1) is 0 Å². The first-order valence-electron chi connectivity index (χ1n) is 11.8. The van der Waals surface area contributed by atoms with Gasteiger partial charge in [0.15, 0.2) is 5.96 Å². The van der Waals surface area contributed by atoms with Crippen molar-refractivity contribution in [2.75, 3.05) is 64.3 Å². The molecule has 2 N–H and O–H groups in total. The van der Waals surface area contributed by atoms with Crippen LogP contribution in [0.25, 0.3) is 0 Å². The molecule has 1 aromatic heterocycles. The first-order valence-corrected chi connectivity index (χ1v) is 11.8. The van der Waals surface area contributed by atoms with Gasteiger partial charge >= 0.3 is 0 Å². The molecule has 33 heavy (non-hydrogen) atoms. The molecule has 0 radical (unpaired) electrons. The van der Waals surface area contributed by atoms with Gasteiger partial charge < -0.3 is 15.5 Å². The number of aliphatic imine (C=N–C) groups is 1. The van der Waals surface area contributed by atoms with E-state index in [0.29, 0.717) is 6.04 Å². The van der Waals surface area contributed by atoms with Gasteiger partial charge in [-0.15, -0.1) is 24.0 Å². The van der Waals surface area contributed by atoms with E-state index in [1.807, 2.05) is 25.5 Å². The van der Waals surface area contributed by atoms with Crippen molar-refractivity contribution >= 4 is 35.9 Å². The molecule has 9 heteroatoms. The Balaban J connectivity index is 0.00000306. The number of nitrogens with one attached hydrogen (secondary N) is 2. The molecule has 2 saturated heterocycles. The van der Waals surface area contributed by atoms with Crippen LogP contribution >= 0.6 is 24.0 Å². The van der Waals surface area contributed by atoms with Gasteiger partial charge in [0.2, 0.25) is 5.95 Å². The minimum atomic E-state index is 0. The van der Waals surface area contributed by atoms with Gasteiger partial charge in [-0.1, -0.05) is 30.3 Å². The van der Waals surface area contributed by atoms with Crippen molar-refractivity contribution in [3.63, 3.8) is 0 Å². The summed E-state index contributed by atoms with van der Waals surface area (Å²) >= 11 is 0. The number of hydrogen-bond donors (Lipinski definition) is 2. The largest absolute Gasteiger partial charge is 0.355 e. The maximum atomic E-state index is 4.43. The molecule has 0 amide bonds. The topological polar surface area (TPSA) is 71.9 Å². The number of guanidine groups is 1. The number of halogens is 1. The van der Waals surface area contributed by atoms with Gasteiger partial charge in [-0.25, -0.2) is 9.97 Å². The van der Waals surface area contributed by atoms with Gasteiger partial charge in [-0.2, -0.15) is 0 Å². The van der Waals surface area contributed by atoms with E-state index in [1.165, 1.54) is 24.9 Å². The number of nitrogens with zero attached hydrogens (tertiary/aromatic N) is 6. The smallest absolute Gasteiger partial charge is 0.225 e. The van der Waals surface area contributed by atoms with Crippen LogP contribution in [0.5, 0.6) is 0 Å². The molecule has 0 bridgehead atoms. The molecule has 0 spiro atoms. The molecule has 4 rings (SSSR count).